The number of hydrogen-bond acceptors (Lipinski definition) is 8. The number of benzene rings is 1. The first-order valence-electron chi connectivity index (χ1n) is 13.3. The summed E-state index contributed by atoms with van der Waals surface area (Å²) in [4.78, 5) is 26.0. The molecule has 0 unspecified atom stereocenters. The van der Waals surface area contributed by atoms with Gasteiger partial charge >= 0.3 is 6.18 Å². The predicted octanol–water partition coefficient (Wildman–Crippen LogP) is 4.49. The van der Waals surface area contributed by atoms with Gasteiger partial charge < -0.3 is 25.3 Å². The molecule has 3 N–H and O–H groups in total. The van der Waals surface area contributed by atoms with Crippen molar-refractivity contribution in [1.82, 2.24) is 25.6 Å². The van der Waals surface area contributed by atoms with Crippen molar-refractivity contribution < 1.29 is 22.4 Å². The third-order valence-corrected chi connectivity index (χ3v) is 7.34. The molecule has 3 aromatic rings. The van der Waals surface area contributed by atoms with Crippen LogP contribution < -0.4 is 20.9 Å². The lowest BCUT2D eigenvalue weighted by Crippen LogP contribution is -2.55. The molecule has 39 heavy (non-hydrogen) atoms. The van der Waals surface area contributed by atoms with E-state index in [1.807, 2.05) is 11.0 Å². The van der Waals surface area contributed by atoms with Crippen LogP contribution in [0.15, 0.2) is 47.3 Å². The molecule has 208 valence electrons. The van der Waals surface area contributed by atoms with E-state index in [-0.39, 0.29) is 24.0 Å². The molecule has 2 aromatic heterocycles. The van der Waals surface area contributed by atoms with Crippen molar-refractivity contribution in [3.8, 4) is 11.3 Å². The Morgan fingerprint density at radius 3 is 2.59 bits per heavy atom. The van der Waals surface area contributed by atoms with Gasteiger partial charge in [0.15, 0.2) is 11.5 Å². The molecule has 1 amide bonds. The molecule has 3 heterocycles. The molecule has 2 fully saturated rings. The number of oxazole rings is 1. The topological polar surface area (TPSA) is 108 Å². The van der Waals surface area contributed by atoms with E-state index in [0.29, 0.717) is 29.7 Å². The van der Waals surface area contributed by atoms with Gasteiger partial charge in [0.05, 0.1) is 18.6 Å². The normalized spacial score (nSPS) is 21.9. The summed E-state index contributed by atoms with van der Waals surface area (Å²) in [6.07, 6.45) is 5.20. The summed E-state index contributed by atoms with van der Waals surface area (Å²) in [5, 5.41) is 9.86. The number of alkyl halides is 3. The fourth-order valence-electron chi connectivity index (χ4n) is 5.35. The smallest absolute Gasteiger partial charge is 0.424 e. The number of hydrogen-bond donors (Lipinski definition) is 3. The summed E-state index contributed by atoms with van der Waals surface area (Å²) in [6.45, 7) is 1.37. The van der Waals surface area contributed by atoms with Crippen molar-refractivity contribution >= 4 is 17.7 Å². The molecule has 2 aliphatic rings. The van der Waals surface area contributed by atoms with Crippen LogP contribution in [-0.2, 0) is 6.18 Å². The summed E-state index contributed by atoms with van der Waals surface area (Å²) >= 11 is 0. The number of carbonyl (C=O) groups excluding carboxylic acids is 1. The SMILES string of the molecule is CNC(=O)c1cccc(-c2cnc(N[C@@H]3CCCC[C@H]3N[C@H]3CCCN(c4cnc(C(F)(F)F)cn4)C3)o2)c1. The molecule has 1 aromatic carbocycles. The van der Waals surface area contributed by atoms with E-state index in [2.05, 4.69) is 30.9 Å². The molecule has 0 bridgehead atoms. The first-order valence-corrected chi connectivity index (χ1v) is 13.3. The first-order chi connectivity index (χ1) is 18.8. The van der Waals surface area contributed by atoms with Crippen molar-refractivity contribution in [3.63, 3.8) is 0 Å². The molecular weight excluding hydrogens is 511 g/mol. The number of piperidine rings is 1. The highest BCUT2D eigenvalue weighted by molar-refractivity contribution is 5.95. The number of amides is 1. The van der Waals surface area contributed by atoms with Crippen LogP contribution in [0.5, 0.6) is 0 Å². The summed E-state index contributed by atoms with van der Waals surface area (Å²) in [7, 11) is 1.59. The molecule has 3 atom stereocenters. The van der Waals surface area contributed by atoms with Crippen LogP contribution in [0.1, 0.15) is 54.6 Å². The van der Waals surface area contributed by atoms with Crippen molar-refractivity contribution in [2.24, 2.45) is 0 Å². The van der Waals surface area contributed by atoms with E-state index < -0.39 is 11.9 Å². The second kappa shape index (κ2) is 11.6. The van der Waals surface area contributed by atoms with E-state index in [0.717, 1.165) is 56.8 Å². The van der Waals surface area contributed by atoms with Crippen molar-refractivity contribution in [3.05, 3.63) is 54.1 Å². The maximum absolute atomic E-state index is 12.9. The zero-order chi connectivity index (χ0) is 27.4. The van der Waals surface area contributed by atoms with Crippen LogP contribution in [0, 0.1) is 0 Å². The lowest BCUT2D eigenvalue weighted by molar-refractivity contribution is -0.141. The first kappa shape index (κ1) is 26.9. The van der Waals surface area contributed by atoms with Crippen LogP contribution in [0.4, 0.5) is 25.0 Å². The van der Waals surface area contributed by atoms with Crippen LogP contribution in [0.3, 0.4) is 0 Å². The Kier molecular flexibility index (Phi) is 8.01. The van der Waals surface area contributed by atoms with Gasteiger partial charge in [0.1, 0.15) is 5.82 Å². The van der Waals surface area contributed by atoms with Crippen molar-refractivity contribution in [2.45, 2.75) is 62.8 Å². The van der Waals surface area contributed by atoms with Gasteiger partial charge in [0.2, 0.25) is 0 Å². The molecule has 0 spiro atoms. The van der Waals surface area contributed by atoms with Gasteiger partial charge in [0, 0.05) is 49.4 Å². The molecule has 1 saturated heterocycles. The third kappa shape index (κ3) is 6.49. The Bertz CT molecular complexity index is 1260. The average molecular weight is 544 g/mol. The zero-order valence-corrected chi connectivity index (χ0v) is 21.7. The molecule has 1 saturated carbocycles. The van der Waals surface area contributed by atoms with E-state index in [4.69, 9.17) is 4.42 Å². The minimum absolute atomic E-state index is 0.115. The summed E-state index contributed by atoms with van der Waals surface area (Å²) < 4.78 is 44.6. The number of carbonyl (C=O) groups is 1. The quantitative estimate of drug-likeness (QED) is 0.400. The Balaban J connectivity index is 1.22. The molecule has 12 heteroatoms. The highest BCUT2D eigenvalue weighted by Gasteiger charge is 2.34. The second-order valence-electron chi connectivity index (χ2n) is 10.0. The van der Waals surface area contributed by atoms with Crippen LogP contribution in [0.25, 0.3) is 11.3 Å². The van der Waals surface area contributed by atoms with Gasteiger partial charge in [-0.2, -0.15) is 13.2 Å². The van der Waals surface area contributed by atoms with Gasteiger partial charge in [0.25, 0.3) is 11.9 Å². The molecule has 1 aliphatic heterocycles. The summed E-state index contributed by atoms with van der Waals surface area (Å²) in [5.41, 5.74) is 0.327. The fourth-order valence-corrected chi connectivity index (χ4v) is 5.35. The van der Waals surface area contributed by atoms with Crippen molar-refractivity contribution in [2.75, 3.05) is 30.4 Å². The van der Waals surface area contributed by atoms with E-state index in [1.54, 1.807) is 31.4 Å². The largest absolute Gasteiger partial charge is 0.434 e. The summed E-state index contributed by atoms with van der Waals surface area (Å²) in [6, 6.07) is 8.09. The number of nitrogens with zero attached hydrogens (tertiary/aromatic N) is 4. The average Bonchev–Trinajstić information content (AvgIpc) is 3.42. The number of nitrogens with one attached hydrogen (secondary N) is 3. The highest BCUT2D eigenvalue weighted by atomic mass is 19.4. The van der Waals surface area contributed by atoms with Gasteiger partial charge in [-0.1, -0.05) is 25.0 Å². The number of rotatable bonds is 7. The standard InChI is InChI=1S/C27H32F3N7O2/c1-31-25(38)18-7-4-6-17(12-18)22-13-34-26(39-22)36-21-10-3-2-9-20(21)35-19-8-5-11-37(16-19)24-15-32-23(14-33-24)27(28,29)30/h4,6-7,12-15,19-21,35H,2-3,5,8-11,16H2,1H3,(H,31,38)(H,34,36)/t19-,20+,21+/m0/s1. The summed E-state index contributed by atoms with van der Waals surface area (Å²) in [5.74, 6) is 0.863. The monoisotopic (exact) mass is 543 g/mol. The molecule has 0 radical (unpaired) electrons. The highest BCUT2D eigenvalue weighted by Crippen LogP contribution is 2.29. The molecule has 5 rings (SSSR count). The maximum atomic E-state index is 12.9. The van der Waals surface area contributed by atoms with Gasteiger partial charge in [-0.25, -0.2) is 15.0 Å². The van der Waals surface area contributed by atoms with E-state index in [1.165, 1.54) is 6.20 Å². The number of anilines is 2. The zero-order valence-electron chi connectivity index (χ0n) is 21.7. The Labute approximate surface area is 224 Å². The van der Waals surface area contributed by atoms with Gasteiger partial charge in [-0.3, -0.25) is 4.79 Å². The lowest BCUT2D eigenvalue weighted by Gasteiger charge is -2.39. The Hall–Kier alpha value is -3.67. The molecule has 1 aliphatic carbocycles. The Morgan fingerprint density at radius 1 is 1.03 bits per heavy atom. The minimum atomic E-state index is -4.50. The molecular formula is C27H32F3N7O2. The minimum Gasteiger partial charge on any atom is -0.424 e. The second-order valence-corrected chi connectivity index (χ2v) is 10.0. The lowest BCUT2D eigenvalue weighted by atomic mass is 9.89. The maximum Gasteiger partial charge on any atom is 0.434 e. The van der Waals surface area contributed by atoms with E-state index in [9.17, 15) is 18.0 Å². The van der Waals surface area contributed by atoms with Crippen LogP contribution in [-0.4, -0.2) is 59.1 Å². The number of halogens is 3. The van der Waals surface area contributed by atoms with Gasteiger partial charge in [-0.05, 0) is 37.8 Å². The molecule has 9 nitrogen and oxygen atoms in total. The van der Waals surface area contributed by atoms with Crippen LogP contribution >= 0.6 is 0 Å². The van der Waals surface area contributed by atoms with E-state index >= 15 is 0 Å². The predicted molar refractivity (Wildman–Crippen MR) is 140 cm³/mol. The van der Waals surface area contributed by atoms with Crippen LogP contribution in [0.2, 0.25) is 0 Å². The Morgan fingerprint density at radius 2 is 1.85 bits per heavy atom. The fraction of sp³-hybridized carbons (Fsp3) is 0.481. The third-order valence-electron chi connectivity index (χ3n) is 7.34. The van der Waals surface area contributed by atoms with Gasteiger partial charge in [-0.15, -0.1) is 0 Å². The number of aromatic nitrogens is 3. The van der Waals surface area contributed by atoms with Crippen molar-refractivity contribution in [1.29, 1.82) is 0 Å².